The van der Waals surface area contributed by atoms with Crippen molar-refractivity contribution >= 4 is 40.3 Å². The summed E-state index contributed by atoms with van der Waals surface area (Å²) in [7, 11) is 0. The Kier molecular flexibility index (Phi) is 9.73. The largest absolute Gasteiger partial charge is 0.481 e. The van der Waals surface area contributed by atoms with E-state index < -0.39 is 36.3 Å². The molecule has 3 aromatic rings. The van der Waals surface area contributed by atoms with Gasteiger partial charge in [0.15, 0.2) is 0 Å². The van der Waals surface area contributed by atoms with Gasteiger partial charge < -0.3 is 30.9 Å². The monoisotopic (exact) mass is 604 g/mol. The van der Waals surface area contributed by atoms with Crippen LogP contribution >= 0.6 is 0 Å². The lowest BCUT2D eigenvalue weighted by atomic mass is 9.89. The first-order valence-corrected chi connectivity index (χ1v) is 15.1. The highest BCUT2D eigenvalue weighted by molar-refractivity contribution is 5.93. The van der Waals surface area contributed by atoms with Crippen molar-refractivity contribution in [3.63, 3.8) is 0 Å². The first-order valence-electron chi connectivity index (χ1n) is 15.1. The summed E-state index contributed by atoms with van der Waals surface area (Å²) in [5.41, 5.74) is 10.3. The summed E-state index contributed by atoms with van der Waals surface area (Å²) in [5.74, 6) is -2.00. The van der Waals surface area contributed by atoms with E-state index >= 15 is 0 Å². The molecule has 44 heavy (non-hydrogen) atoms. The topological polar surface area (TPSA) is 178 Å². The van der Waals surface area contributed by atoms with Crippen LogP contribution < -0.4 is 16.0 Å². The third kappa shape index (κ3) is 7.51. The maximum atomic E-state index is 13.9. The molecule has 234 valence electrons. The second-order valence-corrected chi connectivity index (χ2v) is 11.8. The van der Waals surface area contributed by atoms with Crippen molar-refractivity contribution in [1.82, 2.24) is 30.3 Å². The maximum Gasteiger partial charge on any atom is 0.312 e. The van der Waals surface area contributed by atoms with Gasteiger partial charge in [-0.1, -0.05) is 6.07 Å². The lowest BCUT2D eigenvalue weighted by Gasteiger charge is -2.39. The third-order valence-electron chi connectivity index (χ3n) is 8.67. The van der Waals surface area contributed by atoms with Crippen LogP contribution in [0.4, 0.5) is 5.69 Å². The van der Waals surface area contributed by atoms with Crippen LogP contribution in [0.2, 0.25) is 0 Å². The second kappa shape index (κ2) is 13.8. The standard InChI is InChI=1S/C31H40N8O5/c1-20-14-22(15-23-19-34-36-29(20)23)16-25(32)30(43)35-26(17-21-4-8-38(9-5-21)27(40)18-28(41)42)31(44)39-12-10-37(11-13-39)24-2-6-33-7-3-24/h2-3,6-7,14-15,19,21,25-26H,4-5,8-13,16-18,32H2,1H3,(H,34,36)(H,35,43)(H,41,42)/t25-,26+/m1/s1. The molecule has 3 amide bonds. The van der Waals surface area contributed by atoms with E-state index in [1.54, 1.807) is 28.4 Å². The normalized spacial score (nSPS) is 17.4. The van der Waals surface area contributed by atoms with Crippen molar-refractivity contribution < 1.29 is 24.3 Å². The number of benzene rings is 1. The maximum absolute atomic E-state index is 13.9. The number of piperazine rings is 1. The fraction of sp³-hybridized carbons (Fsp3) is 0.484. The van der Waals surface area contributed by atoms with E-state index in [0.717, 1.165) is 27.7 Å². The molecule has 0 radical (unpaired) electrons. The number of likely N-dealkylation sites (tertiary alicyclic amines) is 1. The number of pyridine rings is 1. The number of H-pyrrole nitrogens is 1. The van der Waals surface area contributed by atoms with Gasteiger partial charge in [0.2, 0.25) is 17.7 Å². The van der Waals surface area contributed by atoms with Crippen molar-refractivity contribution in [2.45, 2.75) is 51.1 Å². The molecule has 1 aromatic carbocycles. The average Bonchev–Trinajstić information content (AvgIpc) is 3.50. The second-order valence-electron chi connectivity index (χ2n) is 11.8. The number of aliphatic carboxylic acids is 1. The van der Waals surface area contributed by atoms with Crippen molar-refractivity contribution in [3.8, 4) is 0 Å². The number of carbonyl (C=O) groups excluding carboxylic acids is 3. The third-order valence-corrected chi connectivity index (χ3v) is 8.67. The van der Waals surface area contributed by atoms with Crippen LogP contribution in [-0.4, -0.2) is 105 Å². The summed E-state index contributed by atoms with van der Waals surface area (Å²) in [4.78, 5) is 60.2. The molecule has 2 aliphatic rings. The number of nitrogens with one attached hydrogen (secondary N) is 2. The van der Waals surface area contributed by atoms with Crippen LogP contribution in [0.25, 0.3) is 10.9 Å². The van der Waals surface area contributed by atoms with Gasteiger partial charge in [-0.3, -0.25) is 29.3 Å². The van der Waals surface area contributed by atoms with Crippen molar-refractivity contribution in [3.05, 3.63) is 54.0 Å². The first kappa shape index (κ1) is 30.9. The Morgan fingerprint density at radius 2 is 1.75 bits per heavy atom. The molecule has 5 N–H and O–H groups in total. The van der Waals surface area contributed by atoms with Gasteiger partial charge in [0.25, 0.3) is 0 Å². The molecule has 2 saturated heterocycles. The zero-order chi connectivity index (χ0) is 31.2. The van der Waals surface area contributed by atoms with Gasteiger partial charge in [-0.05, 0) is 67.9 Å². The number of carbonyl (C=O) groups is 4. The molecule has 0 bridgehead atoms. The molecule has 2 aromatic heterocycles. The van der Waals surface area contributed by atoms with Gasteiger partial charge in [-0.15, -0.1) is 0 Å². The number of nitrogens with zero attached hydrogens (tertiary/aromatic N) is 5. The number of carboxylic acid groups (broad SMARTS) is 1. The number of carboxylic acids is 1. The summed E-state index contributed by atoms with van der Waals surface area (Å²) >= 11 is 0. The Labute approximate surface area is 255 Å². The minimum Gasteiger partial charge on any atom is -0.481 e. The van der Waals surface area contributed by atoms with Crippen LogP contribution in [0.5, 0.6) is 0 Å². The first-order chi connectivity index (χ1) is 21.2. The van der Waals surface area contributed by atoms with Crippen molar-refractivity contribution in [1.29, 1.82) is 0 Å². The molecule has 0 aliphatic carbocycles. The Balaban J connectivity index is 1.24. The SMILES string of the molecule is Cc1cc(C[C@@H](N)C(=O)N[C@@H](CC2CCN(C(=O)CC(=O)O)CC2)C(=O)N2CCN(c3ccncc3)CC2)cc2cn[nH]c12. The molecular formula is C31H40N8O5. The molecular weight excluding hydrogens is 564 g/mol. The highest BCUT2D eigenvalue weighted by Crippen LogP contribution is 2.25. The number of hydrogen-bond acceptors (Lipinski definition) is 8. The van der Waals surface area contributed by atoms with E-state index in [9.17, 15) is 19.2 Å². The predicted molar refractivity (Wildman–Crippen MR) is 164 cm³/mol. The minimum atomic E-state index is -1.15. The number of hydrogen-bond donors (Lipinski definition) is 4. The van der Waals surface area contributed by atoms with E-state index in [4.69, 9.17) is 10.8 Å². The highest BCUT2D eigenvalue weighted by atomic mass is 16.4. The number of piperidine rings is 1. The molecule has 0 saturated carbocycles. The zero-order valence-corrected chi connectivity index (χ0v) is 24.9. The molecule has 0 spiro atoms. The number of anilines is 1. The number of fused-ring (bicyclic) bond motifs is 1. The number of aromatic nitrogens is 3. The fourth-order valence-corrected chi connectivity index (χ4v) is 6.23. The molecule has 13 nitrogen and oxygen atoms in total. The van der Waals surface area contributed by atoms with Gasteiger partial charge in [-0.2, -0.15) is 5.10 Å². The molecule has 4 heterocycles. The van der Waals surface area contributed by atoms with Gasteiger partial charge in [-0.25, -0.2) is 0 Å². The van der Waals surface area contributed by atoms with E-state index in [1.807, 2.05) is 31.2 Å². The number of rotatable bonds is 10. The summed E-state index contributed by atoms with van der Waals surface area (Å²) in [5, 5.41) is 20.0. The van der Waals surface area contributed by atoms with Crippen LogP contribution in [0.1, 0.15) is 36.8 Å². The Bertz CT molecular complexity index is 1480. The molecule has 13 heteroatoms. The summed E-state index contributed by atoms with van der Waals surface area (Å²) in [6.45, 7) is 5.18. The van der Waals surface area contributed by atoms with E-state index in [1.165, 1.54) is 0 Å². The van der Waals surface area contributed by atoms with Crippen molar-refractivity contribution in [2.24, 2.45) is 11.7 Å². The Morgan fingerprint density at radius 1 is 1.05 bits per heavy atom. The molecule has 2 atom stereocenters. The molecule has 2 fully saturated rings. The predicted octanol–water partition coefficient (Wildman–Crippen LogP) is 1.07. The van der Waals surface area contributed by atoms with Crippen molar-refractivity contribution in [2.75, 3.05) is 44.2 Å². The van der Waals surface area contributed by atoms with Gasteiger partial charge >= 0.3 is 5.97 Å². The van der Waals surface area contributed by atoms with E-state index in [0.29, 0.717) is 65.0 Å². The van der Waals surface area contributed by atoms with Gasteiger partial charge in [0.05, 0.1) is 17.8 Å². The smallest absolute Gasteiger partial charge is 0.312 e. The lowest BCUT2D eigenvalue weighted by Crippen LogP contribution is -2.57. The van der Waals surface area contributed by atoms with Crippen LogP contribution in [0, 0.1) is 12.8 Å². The van der Waals surface area contributed by atoms with Crippen LogP contribution in [0.15, 0.2) is 42.9 Å². The number of aromatic amines is 1. The van der Waals surface area contributed by atoms with Gasteiger partial charge in [0, 0.05) is 62.7 Å². The van der Waals surface area contributed by atoms with E-state index in [2.05, 4.69) is 25.4 Å². The Hall–Kier alpha value is -4.52. The molecule has 2 aliphatic heterocycles. The fourth-order valence-electron chi connectivity index (χ4n) is 6.23. The number of amides is 3. The lowest BCUT2D eigenvalue weighted by molar-refractivity contribution is -0.145. The zero-order valence-electron chi connectivity index (χ0n) is 24.9. The Morgan fingerprint density at radius 3 is 2.43 bits per heavy atom. The minimum absolute atomic E-state index is 0.0820. The van der Waals surface area contributed by atoms with E-state index in [-0.39, 0.29) is 11.8 Å². The highest BCUT2D eigenvalue weighted by Gasteiger charge is 2.34. The number of nitrogens with two attached hydrogens (primary N) is 1. The van der Waals surface area contributed by atoms with Crippen LogP contribution in [0.3, 0.4) is 0 Å². The summed E-state index contributed by atoms with van der Waals surface area (Å²) in [6.07, 6.45) is 6.67. The molecule has 0 unspecified atom stereocenters. The quantitative estimate of drug-likeness (QED) is 0.247. The number of aryl methyl sites for hydroxylation is 1. The summed E-state index contributed by atoms with van der Waals surface area (Å²) < 4.78 is 0. The summed E-state index contributed by atoms with van der Waals surface area (Å²) in [6, 6.07) is 6.22. The average molecular weight is 605 g/mol. The van der Waals surface area contributed by atoms with Crippen LogP contribution in [-0.2, 0) is 25.6 Å². The molecule has 5 rings (SSSR count). The van der Waals surface area contributed by atoms with Gasteiger partial charge in [0.1, 0.15) is 12.5 Å².